The van der Waals surface area contributed by atoms with Crippen molar-refractivity contribution in [1.29, 1.82) is 0 Å². The van der Waals surface area contributed by atoms with Gasteiger partial charge in [-0.1, -0.05) is 17.8 Å². The van der Waals surface area contributed by atoms with Gasteiger partial charge in [-0.25, -0.2) is 14.5 Å². The summed E-state index contributed by atoms with van der Waals surface area (Å²) in [6.07, 6.45) is 5.27. The van der Waals surface area contributed by atoms with Crippen LogP contribution in [0.2, 0.25) is 0 Å². The van der Waals surface area contributed by atoms with Crippen LogP contribution in [0.1, 0.15) is 58.6 Å². The normalized spacial score (nSPS) is 13.8. The topological polar surface area (TPSA) is 119 Å². The Labute approximate surface area is 228 Å². The van der Waals surface area contributed by atoms with Gasteiger partial charge in [-0.2, -0.15) is 5.10 Å². The molecule has 0 saturated carbocycles. The van der Waals surface area contributed by atoms with E-state index in [2.05, 4.69) is 20.4 Å². The Morgan fingerprint density at radius 3 is 2.79 bits per heavy atom. The lowest BCUT2D eigenvalue weighted by Gasteiger charge is -2.13. The minimum absolute atomic E-state index is 0.267. The van der Waals surface area contributed by atoms with Crippen LogP contribution in [0.15, 0.2) is 34.3 Å². The van der Waals surface area contributed by atoms with Gasteiger partial charge in [0.1, 0.15) is 10.4 Å². The number of hydrogen-bond acceptors (Lipinski definition) is 8. The summed E-state index contributed by atoms with van der Waals surface area (Å²) in [5.41, 5.74) is 4.63. The van der Waals surface area contributed by atoms with E-state index in [-0.39, 0.29) is 18.1 Å². The van der Waals surface area contributed by atoms with Gasteiger partial charge in [-0.05, 0) is 82.2 Å². The summed E-state index contributed by atoms with van der Waals surface area (Å²) in [4.78, 5) is 47.3. The smallest absolute Gasteiger partial charge is 0.341 e. The zero-order valence-electron chi connectivity index (χ0n) is 21.7. The van der Waals surface area contributed by atoms with Crippen LogP contribution in [-0.2, 0) is 22.4 Å². The van der Waals surface area contributed by atoms with Gasteiger partial charge in [-0.15, -0.1) is 11.3 Å². The number of aromatic amines is 1. The molecule has 3 aromatic heterocycles. The molecule has 3 heterocycles. The lowest BCUT2D eigenvalue weighted by Crippen LogP contribution is -2.24. The molecule has 0 radical (unpaired) electrons. The molecule has 1 atom stereocenters. The molecule has 1 aliphatic carbocycles. The van der Waals surface area contributed by atoms with Crippen LogP contribution in [0.25, 0.3) is 16.7 Å². The number of nitrogens with zero attached hydrogens (tertiary/aromatic N) is 3. The van der Waals surface area contributed by atoms with E-state index in [4.69, 9.17) is 4.74 Å². The molecule has 4 aromatic rings. The van der Waals surface area contributed by atoms with Crippen LogP contribution < -0.4 is 10.9 Å². The predicted octanol–water partition coefficient (Wildman–Crippen LogP) is 4.96. The molecular weight excluding hydrogens is 522 g/mol. The van der Waals surface area contributed by atoms with Crippen LogP contribution in [0.4, 0.5) is 5.00 Å². The summed E-state index contributed by atoms with van der Waals surface area (Å²) in [6.45, 7) is 7.82. The largest absolute Gasteiger partial charge is 0.462 e. The Morgan fingerprint density at radius 2 is 2.03 bits per heavy atom. The number of esters is 1. The van der Waals surface area contributed by atoms with E-state index in [1.54, 1.807) is 18.5 Å². The van der Waals surface area contributed by atoms with Crippen molar-refractivity contribution in [2.24, 2.45) is 0 Å². The number of rotatable bonds is 7. The number of thioether (sulfide) groups is 1. The second kappa shape index (κ2) is 10.7. The van der Waals surface area contributed by atoms with Gasteiger partial charge in [-0.3, -0.25) is 9.59 Å². The maximum atomic E-state index is 13.2. The number of carbonyl (C=O) groups excluding carboxylic acids is 2. The van der Waals surface area contributed by atoms with E-state index in [0.29, 0.717) is 26.8 Å². The van der Waals surface area contributed by atoms with Crippen molar-refractivity contribution in [3.8, 4) is 5.69 Å². The average molecular weight is 552 g/mol. The SMILES string of the molecule is CCOC(=O)c1c(NC(=O)[C@H](C)Sc2nc3c(cnn3-c3ccc(C)c(C)c3)c(=O)[nH]2)sc2c1CCCC2. The molecule has 38 heavy (non-hydrogen) atoms. The molecule has 9 nitrogen and oxygen atoms in total. The quantitative estimate of drug-likeness (QED) is 0.189. The second-order valence-electron chi connectivity index (χ2n) is 9.32. The van der Waals surface area contributed by atoms with Crippen molar-refractivity contribution in [3.63, 3.8) is 0 Å². The number of thiophene rings is 1. The van der Waals surface area contributed by atoms with Crippen molar-refractivity contribution >= 4 is 51.0 Å². The van der Waals surface area contributed by atoms with E-state index in [1.165, 1.54) is 17.5 Å². The van der Waals surface area contributed by atoms with Crippen LogP contribution in [0, 0.1) is 13.8 Å². The molecule has 1 aliphatic rings. The molecule has 1 amide bonds. The number of amides is 1. The molecular formula is C27H29N5O4S2. The van der Waals surface area contributed by atoms with Crippen molar-refractivity contribution in [1.82, 2.24) is 19.7 Å². The molecule has 0 bridgehead atoms. The van der Waals surface area contributed by atoms with E-state index in [1.807, 2.05) is 32.0 Å². The van der Waals surface area contributed by atoms with Gasteiger partial charge < -0.3 is 15.0 Å². The van der Waals surface area contributed by atoms with Crippen molar-refractivity contribution in [2.45, 2.75) is 63.8 Å². The van der Waals surface area contributed by atoms with Crippen LogP contribution in [-0.4, -0.2) is 43.5 Å². The van der Waals surface area contributed by atoms with Crippen LogP contribution in [0.5, 0.6) is 0 Å². The Hall–Kier alpha value is -3.44. The van der Waals surface area contributed by atoms with Crippen LogP contribution >= 0.6 is 23.1 Å². The highest BCUT2D eigenvalue weighted by Crippen LogP contribution is 2.39. The first-order valence-electron chi connectivity index (χ1n) is 12.6. The summed E-state index contributed by atoms with van der Waals surface area (Å²) < 4.78 is 6.92. The Kier molecular flexibility index (Phi) is 7.40. The third-order valence-electron chi connectivity index (χ3n) is 6.70. The number of H-pyrrole nitrogens is 1. The monoisotopic (exact) mass is 551 g/mol. The third kappa shape index (κ3) is 5.00. The fourth-order valence-corrected chi connectivity index (χ4v) is 6.58. The second-order valence-corrected chi connectivity index (χ2v) is 11.8. The number of ether oxygens (including phenoxy) is 1. The standard InChI is InChI=1S/C27H29N5O4S2/c1-5-36-26(35)21-18-8-6-7-9-20(18)38-25(21)30-23(33)16(4)37-27-29-22-19(24(34)31-27)13-28-32(22)17-11-10-14(2)15(3)12-17/h10-13,16H,5-9H2,1-4H3,(H,30,33)(H,29,31,34)/t16-/m0/s1. The van der Waals surface area contributed by atoms with Gasteiger partial charge in [0, 0.05) is 4.88 Å². The first kappa shape index (κ1) is 26.2. The highest BCUT2D eigenvalue weighted by molar-refractivity contribution is 8.00. The molecule has 0 fully saturated rings. The fraction of sp³-hybridized carbons (Fsp3) is 0.370. The van der Waals surface area contributed by atoms with Gasteiger partial charge in [0.2, 0.25) is 5.91 Å². The molecule has 0 unspecified atom stereocenters. The zero-order valence-corrected chi connectivity index (χ0v) is 23.3. The first-order valence-corrected chi connectivity index (χ1v) is 14.3. The van der Waals surface area contributed by atoms with E-state index in [9.17, 15) is 14.4 Å². The number of aryl methyl sites for hydroxylation is 3. The highest BCUT2D eigenvalue weighted by Gasteiger charge is 2.28. The van der Waals surface area contributed by atoms with E-state index < -0.39 is 11.2 Å². The lowest BCUT2D eigenvalue weighted by atomic mass is 9.95. The number of hydrogen-bond donors (Lipinski definition) is 2. The molecule has 11 heteroatoms. The molecule has 2 N–H and O–H groups in total. The summed E-state index contributed by atoms with van der Waals surface area (Å²) in [6, 6.07) is 5.93. The van der Waals surface area contributed by atoms with Gasteiger partial charge in [0.05, 0.1) is 29.3 Å². The predicted molar refractivity (Wildman–Crippen MR) is 150 cm³/mol. The van der Waals surface area contributed by atoms with Gasteiger partial charge >= 0.3 is 5.97 Å². The van der Waals surface area contributed by atoms with E-state index >= 15 is 0 Å². The Balaban J connectivity index is 1.40. The number of anilines is 1. The molecule has 0 saturated heterocycles. The van der Waals surface area contributed by atoms with Gasteiger partial charge in [0.25, 0.3) is 5.56 Å². The van der Waals surface area contributed by atoms with E-state index in [0.717, 1.165) is 64.7 Å². The molecule has 5 rings (SSSR count). The summed E-state index contributed by atoms with van der Waals surface area (Å²) in [5, 5.41) is 7.94. The molecule has 198 valence electrons. The van der Waals surface area contributed by atoms with Crippen molar-refractivity contribution in [2.75, 3.05) is 11.9 Å². The number of nitrogens with one attached hydrogen (secondary N) is 2. The molecule has 0 spiro atoms. The van der Waals surface area contributed by atoms with Gasteiger partial charge in [0.15, 0.2) is 10.8 Å². The maximum absolute atomic E-state index is 13.2. The van der Waals surface area contributed by atoms with Crippen molar-refractivity contribution in [3.05, 3.63) is 61.9 Å². The average Bonchev–Trinajstić information content (AvgIpc) is 3.47. The number of carbonyl (C=O) groups is 2. The first-order chi connectivity index (χ1) is 18.3. The lowest BCUT2D eigenvalue weighted by molar-refractivity contribution is -0.115. The third-order valence-corrected chi connectivity index (χ3v) is 8.89. The summed E-state index contributed by atoms with van der Waals surface area (Å²) in [5.74, 6) is -0.692. The van der Waals surface area contributed by atoms with Crippen molar-refractivity contribution < 1.29 is 14.3 Å². The Bertz CT molecular complexity index is 1600. The molecule has 1 aromatic carbocycles. The van der Waals surface area contributed by atoms with Crippen LogP contribution in [0.3, 0.4) is 0 Å². The number of aromatic nitrogens is 4. The number of fused-ring (bicyclic) bond motifs is 2. The fourth-order valence-electron chi connectivity index (χ4n) is 4.51. The Morgan fingerprint density at radius 1 is 1.24 bits per heavy atom. The number of benzene rings is 1. The molecule has 0 aliphatic heterocycles. The minimum Gasteiger partial charge on any atom is -0.462 e. The summed E-state index contributed by atoms with van der Waals surface area (Å²) >= 11 is 2.59. The highest BCUT2D eigenvalue weighted by atomic mass is 32.2. The maximum Gasteiger partial charge on any atom is 0.341 e. The minimum atomic E-state index is -0.595. The zero-order chi connectivity index (χ0) is 27.0. The summed E-state index contributed by atoms with van der Waals surface area (Å²) in [7, 11) is 0.